The number of methoxy groups -OCH3 is 1. The van der Waals surface area contributed by atoms with Crippen molar-refractivity contribution in [1.82, 2.24) is 0 Å². The summed E-state index contributed by atoms with van der Waals surface area (Å²) >= 11 is 0. The van der Waals surface area contributed by atoms with E-state index in [1.54, 1.807) is 7.11 Å². The zero-order chi connectivity index (χ0) is 12.6. The van der Waals surface area contributed by atoms with Gasteiger partial charge in [0, 0.05) is 0 Å². The van der Waals surface area contributed by atoms with Gasteiger partial charge in [-0.25, -0.2) is 0 Å². The molecule has 0 amide bonds. The average Bonchev–Trinajstić information content (AvgIpc) is 2.45. The zero-order valence-corrected chi connectivity index (χ0v) is 10.2. The third-order valence-electron chi connectivity index (χ3n) is 2.38. The molecule has 0 radical (unpaired) electrons. The van der Waals surface area contributed by atoms with Crippen LogP contribution >= 0.6 is 0 Å². The van der Waals surface area contributed by atoms with Gasteiger partial charge in [0.1, 0.15) is 18.1 Å². The molecule has 0 heterocycles. The molecule has 0 N–H and O–H groups in total. The summed E-state index contributed by atoms with van der Waals surface area (Å²) in [5.74, 6) is 7.61. The molecule has 2 heteroatoms. The van der Waals surface area contributed by atoms with Gasteiger partial charge in [-0.3, -0.25) is 0 Å². The predicted molar refractivity (Wildman–Crippen MR) is 71.8 cm³/mol. The van der Waals surface area contributed by atoms with Crippen molar-refractivity contribution in [1.29, 1.82) is 0 Å². The van der Waals surface area contributed by atoms with Gasteiger partial charge in [0.2, 0.25) is 0 Å². The Morgan fingerprint density at radius 1 is 0.944 bits per heavy atom. The molecule has 0 aliphatic heterocycles. The van der Waals surface area contributed by atoms with E-state index in [0.29, 0.717) is 6.61 Å². The fourth-order valence-corrected chi connectivity index (χ4v) is 1.52. The van der Waals surface area contributed by atoms with E-state index in [4.69, 9.17) is 9.47 Å². The summed E-state index contributed by atoms with van der Waals surface area (Å²) < 4.78 is 10.7. The number of benzene rings is 2. The quantitative estimate of drug-likeness (QED) is 0.765. The smallest absolute Gasteiger partial charge is 0.149 e. The number of rotatable bonds is 3. The van der Waals surface area contributed by atoms with Crippen molar-refractivity contribution >= 4 is 0 Å². The van der Waals surface area contributed by atoms with Crippen LogP contribution in [0.3, 0.4) is 0 Å². The van der Waals surface area contributed by atoms with Crippen LogP contribution in [0.25, 0.3) is 0 Å². The molecule has 90 valence electrons. The minimum Gasteiger partial charge on any atom is -0.495 e. The van der Waals surface area contributed by atoms with Gasteiger partial charge in [0.15, 0.2) is 0 Å². The standard InChI is InChI=1S/C16H14O2/c1-17-16-12-6-5-8-14(16)9-7-13-18-15-10-3-2-4-11-15/h2-6,8,10-12H,13H2,1H3. The molecule has 2 aromatic carbocycles. The highest BCUT2D eigenvalue weighted by molar-refractivity contribution is 5.45. The van der Waals surface area contributed by atoms with Crippen molar-refractivity contribution in [2.45, 2.75) is 0 Å². The Hall–Kier alpha value is -2.40. The van der Waals surface area contributed by atoms with Gasteiger partial charge in [0.05, 0.1) is 12.7 Å². The second-order valence-corrected chi connectivity index (χ2v) is 3.60. The Bertz CT molecular complexity index is 550. The molecule has 0 atom stereocenters. The molecule has 0 aromatic heterocycles. The van der Waals surface area contributed by atoms with E-state index < -0.39 is 0 Å². The highest BCUT2D eigenvalue weighted by Gasteiger charge is 1.96. The average molecular weight is 238 g/mol. The molecule has 0 saturated carbocycles. The van der Waals surface area contributed by atoms with Gasteiger partial charge in [0.25, 0.3) is 0 Å². The van der Waals surface area contributed by atoms with Gasteiger partial charge in [-0.05, 0) is 24.3 Å². The normalized spacial score (nSPS) is 9.17. The number of hydrogen-bond acceptors (Lipinski definition) is 2. The molecule has 18 heavy (non-hydrogen) atoms. The van der Waals surface area contributed by atoms with Crippen molar-refractivity contribution in [3.8, 4) is 23.3 Å². The lowest BCUT2D eigenvalue weighted by Gasteiger charge is -2.02. The molecular weight excluding hydrogens is 224 g/mol. The van der Waals surface area contributed by atoms with Crippen LogP contribution in [0.5, 0.6) is 11.5 Å². The SMILES string of the molecule is COc1ccccc1C#CCOc1ccccc1. The van der Waals surface area contributed by atoms with Crippen LogP contribution in [0.2, 0.25) is 0 Å². The second kappa shape index (κ2) is 6.36. The molecule has 0 aliphatic rings. The molecule has 0 unspecified atom stereocenters. The van der Waals surface area contributed by atoms with Gasteiger partial charge in [-0.2, -0.15) is 0 Å². The van der Waals surface area contributed by atoms with Crippen molar-refractivity contribution < 1.29 is 9.47 Å². The predicted octanol–water partition coefficient (Wildman–Crippen LogP) is 3.13. The molecule has 0 bridgehead atoms. The van der Waals surface area contributed by atoms with E-state index in [2.05, 4.69) is 11.8 Å². The number of ether oxygens (including phenoxy) is 2. The monoisotopic (exact) mass is 238 g/mol. The molecule has 2 rings (SSSR count). The lowest BCUT2D eigenvalue weighted by atomic mass is 10.2. The van der Waals surface area contributed by atoms with E-state index in [1.807, 2.05) is 54.6 Å². The highest BCUT2D eigenvalue weighted by Crippen LogP contribution is 2.15. The first-order chi connectivity index (χ1) is 8.90. The fourth-order valence-electron chi connectivity index (χ4n) is 1.52. The topological polar surface area (TPSA) is 18.5 Å². The lowest BCUT2D eigenvalue weighted by molar-refractivity contribution is 0.370. The maximum absolute atomic E-state index is 5.49. The molecule has 0 fully saturated rings. The van der Waals surface area contributed by atoms with Crippen molar-refractivity contribution in [3.05, 3.63) is 60.2 Å². The Morgan fingerprint density at radius 2 is 1.67 bits per heavy atom. The molecule has 0 saturated heterocycles. The van der Waals surface area contributed by atoms with Gasteiger partial charge in [-0.1, -0.05) is 42.2 Å². The molecule has 0 aliphatic carbocycles. The summed E-state index contributed by atoms with van der Waals surface area (Å²) in [5, 5.41) is 0. The summed E-state index contributed by atoms with van der Waals surface area (Å²) in [5.41, 5.74) is 0.872. The largest absolute Gasteiger partial charge is 0.495 e. The van der Waals surface area contributed by atoms with Gasteiger partial charge < -0.3 is 9.47 Å². The summed E-state index contributed by atoms with van der Waals surface area (Å²) in [4.78, 5) is 0. The zero-order valence-electron chi connectivity index (χ0n) is 10.2. The van der Waals surface area contributed by atoms with Crippen molar-refractivity contribution in [2.24, 2.45) is 0 Å². The van der Waals surface area contributed by atoms with Gasteiger partial charge >= 0.3 is 0 Å². The molecular formula is C16H14O2. The van der Waals surface area contributed by atoms with E-state index in [0.717, 1.165) is 17.1 Å². The molecule has 2 aromatic rings. The van der Waals surface area contributed by atoms with E-state index in [9.17, 15) is 0 Å². The Labute approximate surface area is 107 Å². The molecule has 0 spiro atoms. The maximum Gasteiger partial charge on any atom is 0.149 e. The second-order valence-electron chi connectivity index (χ2n) is 3.60. The minimum absolute atomic E-state index is 0.363. The van der Waals surface area contributed by atoms with Gasteiger partial charge in [-0.15, -0.1) is 0 Å². The Balaban J connectivity index is 1.96. The number of para-hydroxylation sites is 2. The van der Waals surface area contributed by atoms with Crippen LogP contribution in [0.15, 0.2) is 54.6 Å². The van der Waals surface area contributed by atoms with E-state index in [1.165, 1.54) is 0 Å². The first-order valence-corrected chi connectivity index (χ1v) is 5.70. The van der Waals surface area contributed by atoms with Crippen molar-refractivity contribution in [2.75, 3.05) is 13.7 Å². The maximum atomic E-state index is 5.49. The van der Waals surface area contributed by atoms with E-state index >= 15 is 0 Å². The summed E-state index contributed by atoms with van der Waals surface area (Å²) in [6.07, 6.45) is 0. The highest BCUT2D eigenvalue weighted by atomic mass is 16.5. The fraction of sp³-hybridized carbons (Fsp3) is 0.125. The third kappa shape index (κ3) is 3.29. The summed E-state index contributed by atoms with van der Waals surface area (Å²) in [6, 6.07) is 17.3. The summed E-state index contributed by atoms with van der Waals surface area (Å²) in [6.45, 7) is 0.363. The Kier molecular flexibility index (Phi) is 4.27. The van der Waals surface area contributed by atoms with Crippen molar-refractivity contribution in [3.63, 3.8) is 0 Å². The number of hydrogen-bond donors (Lipinski definition) is 0. The first-order valence-electron chi connectivity index (χ1n) is 5.70. The van der Waals surface area contributed by atoms with Crippen LogP contribution in [0, 0.1) is 11.8 Å². The van der Waals surface area contributed by atoms with Crippen LogP contribution in [0.1, 0.15) is 5.56 Å². The first kappa shape index (κ1) is 12.1. The molecule has 2 nitrogen and oxygen atoms in total. The van der Waals surface area contributed by atoms with Crippen LogP contribution in [0.4, 0.5) is 0 Å². The Morgan fingerprint density at radius 3 is 2.44 bits per heavy atom. The lowest BCUT2D eigenvalue weighted by Crippen LogP contribution is -1.93. The minimum atomic E-state index is 0.363. The van der Waals surface area contributed by atoms with E-state index in [-0.39, 0.29) is 0 Å². The van der Waals surface area contributed by atoms with Crippen LogP contribution in [-0.4, -0.2) is 13.7 Å². The van der Waals surface area contributed by atoms with Crippen LogP contribution < -0.4 is 9.47 Å². The summed E-state index contributed by atoms with van der Waals surface area (Å²) in [7, 11) is 1.64. The third-order valence-corrected chi connectivity index (χ3v) is 2.38. The van der Waals surface area contributed by atoms with Crippen LogP contribution in [-0.2, 0) is 0 Å².